The van der Waals surface area contributed by atoms with Gasteiger partial charge in [0.2, 0.25) is 11.8 Å². The molecule has 9 heteroatoms. The maximum Gasteiger partial charge on any atom is 0.326 e. The Bertz CT molecular complexity index is 1150. The van der Waals surface area contributed by atoms with Crippen molar-refractivity contribution in [3.8, 4) is 0 Å². The molecule has 182 valence electrons. The van der Waals surface area contributed by atoms with Crippen molar-refractivity contribution < 1.29 is 28.3 Å². The van der Waals surface area contributed by atoms with Crippen molar-refractivity contribution in [1.82, 2.24) is 9.91 Å². The van der Waals surface area contributed by atoms with Gasteiger partial charge < -0.3 is 9.15 Å². The average Bonchev–Trinajstić information content (AvgIpc) is 3.60. The summed E-state index contributed by atoms with van der Waals surface area (Å²) in [6, 6.07) is 10.9. The van der Waals surface area contributed by atoms with Gasteiger partial charge in [0, 0.05) is 6.42 Å². The fourth-order valence-corrected chi connectivity index (χ4v) is 5.13. The highest BCUT2D eigenvalue weighted by Crippen LogP contribution is 2.38. The van der Waals surface area contributed by atoms with Crippen LogP contribution in [0.5, 0.6) is 0 Å². The molecule has 1 saturated heterocycles. The average molecular weight is 478 g/mol. The van der Waals surface area contributed by atoms with Crippen LogP contribution in [0.4, 0.5) is 0 Å². The summed E-state index contributed by atoms with van der Waals surface area (Å²) < 4.78 is 10.7. The van der Waals surface area contributed by atoms with E-state index in [2.05, 4.69) is 5.10 Å². The molecule has 1 aromatic carbocycles. The third-order valence-corrected chi connectivity index (χ3v) is 7.00. The van der Waals surface area contributed by atoms with Gasteiger partial charge in [-0.1, -0.05) is 42.7 Å². The zero-order valence-corrected chi connectivity index (χ0v) is 19.5. The number of imide groups is 1. The van der Waals surface area contributed by atoms with E-state index in [1.807, 2.05) is 31.2 Å². The minimum atomic E-state index is -0.796. The van der Waals surface area contributed by atoms with Crippen molar-refractivity contribution in [2.24, 2.45) is 16.9 Å². The number of likely N-dealkylation sites (tertiary alicyclic amines) is 1. The van der Waals surface area contributed by atoms with E-state index in [0.717, 1.165) is 34.6 Å². The summed E-state index contributed by atoms with van der Waals surface area (Å²) in [6.45, 7) is 0.967. The maximum atomic E-state index is 13.0. The fraction of sp³-hybridized carbons (Fsp3) is 0.423. The molecule has 1 aliphatic carbocycles. The van der Waals surface area contributed by atoms with Crippen LogP contribution in [0.25, 0.3) is 0 Å². The summed E-state index contributed by atoms with van der Waals surface area (Å²) in [7, 11) is 0. The maximum absolute atomic E-state index is 13.0. The lowest BCUT2D eigenvalue weighted by Gasteiger charge is -2.20. The lowest BCUT2D eigenvalue weighted by molar-refractivity contribution is -0.157. The number of amides is 3. The van der Waals surface area contributed by atoms with Gasteiger partial charge in [0.1, 0.15) is 18.3 Å². The van der Waals surface area contributed by atoms with Crippen LogP contribution in [-0.2, 0) is 23.9 Å². The third kappa shape index (κ3) is 4.50. The highest BCUT2D eigenvalue weighted by atomic mass is 16.5. The largest absolute Gasteiger partial charge is 0.467 e. The second-order valence-electron chi connectivity index (χ2n) is 9.31. The van der Waals surface area contributed by atoms with Crippen molar-refractivity contribution in [2.45, 2.75) is 45.1 Å². The molecule has 1 aromatic heterocycles. The molecule has 3 amide bonds. The molecule has 2 aromatic rings. The van der Waals surface area contributed by atoms with Gasteiger partial charge in [-0.05, 0) is 37.5 Å². The van der Waals surface area contributed by atoms with Gasteiger partial charge in [0.25, 0.3) is 5.91 Å². The molecule has 0 bridgehead atoms. The van der Waals surface area contributed by atoms with E-state index in [1.54, 1.807) is 12.1 Å². The zero-order valence-electron chi connectivity index (χ0n) is 19.5. The summed E-state index contributed by atoms with van der Waals surface area (Å²) in [5.74, 6) is -2.03. The van der Waals surface area contributed by atoms with E-state index in [-0.39, 0.29) is 23.7 Å². The number of furan rings is 1. The monoisotopic (exact) mass is 477 g/mol. The van der Waals surface area contributed by atoms with Crippen LogP contribution >= 0.6 is 0 Å². The fourth-order valence-electron chi connectivity index (χ4n) is 5.13. The Morgan fingerprint density at radius 1 is 1.06 bits per heavy atom. The molecule has 3 unspecified atom stereocenters. The number of ether oxygens (including phenoxy) is 1. The molecule has 3 aliphatic rings. The Kier molecular flexibility index (Phi) is 6.23. The van der Waals surface area contributed by atoms with Gasteiger partial charge in [0.05, 0.1) is 23.8 Å². The lowest BCUT2D eigenvalue weighted by atomic mass is 9.81. The van der Waals surface area contributed by atoms with Crippen LogP contribution in [0, 0.1) is 18.8 Å². The van der Waals surface area contributed by atoms with Crippen LogP contribution < -0.4 is 0 Å². The second kappa shape index (κ2) is 9.48. The van der Waals surface area contributed by atoms with E-state index in [4.69, 9.17) is 9.15 Å². The van der Waals surface area contributed by atoms with Crippen molar-refractivity contribution in [1.29, 1.82) is 0 Å². The van der Waals surface area contributed by atoms with Crippen LogP contribution in [0.1, 0.15) is 55.0 Å². The number of carbonyl (C=O) groups excluding carboxylic acids is 4. The van der Waals surface area contributed by atoms with Gasteiger partial charge in [-0.15, -0.1) is 0 Å². The first-order valence-corrected chi connectivity index (χ1v) is 11.9. The normalized spacial score (nSPS) is 23.9. The highest BCUT2D eigenvalue weighted by molar-refractivity contribution is 6.07. The zero-order chi connectivity index (χ0) is 24.5. The highest BCUT2D eigenvalue weighted by Gasteiger charge is 2.48. The molecule has 0 N–H and O–H groups in total. The molecular weight excluding hydrogens is 450 g/mol. The predicted octanol–water partition coefficient (Wildman–Crippen LogP) is 2.98. The summed E-state index contributed by atoms with van der Waals surface area (Å²) in [5, 5.41) is 5.79. The number of hydrogen-bond donors (Lipinski definition) is 0. The first kappa shape index (κ1) is 23.0. The predicted molar refractivity (Wildman–Crippen MR) is 124 cm³/mol. The second-order valence-corrected chi connectivity index (χ2v) is 9.31. The van der Waals surface area contributed by atoms with Crippen molar-refractivity contribution >= 4 is 29.4 Å². The number of esters is 1. The number of hydrazone groups is 1. The van der Waals surface area contributed by atoms with Gasteiger partial charge in [-0.3, -0.25) is 24.1 Å². The van der Waals surface area contributed by atoms with E-state index in [1.165, 1.54) is 11.3 Å². The summed E-state index contributed by atoms with van der Waals surface area (Å²) in [6.07, 6.45) is 5.14. The van der Waals surface area contributed by atoms with Crippen LogP contribution in [0.3, 0.4) is 0 Å². The molecule has 0 radical (unpaired) electrons. The molecule has 3 atom stereocenters. The minimum Gasteiger partial charge on any atom is -0.467 e. The van der Waals surface area contributed by atoms with Crippen LogP contribution in [-0.4, -0.2) is 52.5 Å². The lowest BCUT2D eigenvalue weighted by Crippen LogP contribution is -2.38. The Morgan fingerprint density at radius 2 is 1.74 bits per heavy atom. The summed E-state index contributed by atoms with van der Waals surface area (Å²) in [4.78, 5) is 51.6. The van der Waals surface area contributed by atoms with Crippen molar-refractivity contribution in [2.75, 3.05) is 13.2 Å². The molecule has 5 rings (SSSR count). The number of nitrogens with zero attached hydrogens (tertiary/aromatic N) is 3. The number of rotatable bonds is 6. The SMILES string of the molecule is Cc1ccc(C2=NN(C(=O)COC(=O)CN3C(=O)C4CCCCC4C3=O)C(c3ccco3)C2)cc1. The molecule has 0 spiro atoms. The smallest absolute Gasteiger partial charge is 0.326 e. The molecular formula is C26H27N3O6. The topological polar surface area (TPSA) is 109 Å². The van der Waals surface area contributed by atoms with Gasteiger partial charge in [-0.2, -0.15) is 5.10 Å². The minimum absolute atomic E-state index is 0.312. The summed E-state index contributed by atoms with van der Waals surface area (Å²) in [5.41, 5.74) is 2.73. The quantitative estimate of drug-likeness (QED) is 0.467. The van der Waals surface area contributed by atoms with E-state index in [0.29, 0.717) is 25.0 Å². The Morgan fingerprint density at radius 3 is 2.37 bits per heavy atom. The molecule has 3 heterocycles. The van der Waals surface area contributed by atoms with Gasteiger partial charge >= 0.3 is 5.97 Å². The molecule has 2 fully saturated rings. The van der Waals surface area contributed by atoms with Crippen molar-refractivity contribution in [3.63, 3.8) is 0 Å². The standard InChI is InChI=1S/C26H27N3O6/c1-16-8-10-17(11-9-16)20-13-21(22-7-4-12-34-22)29(27-20)23(30)15-35-24(31)14-28-25(32)18-5-2-3-6-19(18)26(28)33/h4,7-12,18-19,21H,2-3,5-6,13-15H2,1H3. The molecule has 2 aliphatic heterocycles. The number of carbonyl (C=O) groups is 4. The first-order valence-electron chi connectivity index (χ1n) is 11.9. The van der Waals surface area contributed by atoms with Crippen molar-refractivity contribution in [3.05, 3.63) is 59.5 Å². The van der Waals surface area contributed by atoms with E-state index < -0.39 is 31.1 Å². The molecule has 9 nitrogen and oxygen atoms in total. The Hall–Kier alpha value is -3.75. The number of fused-ring (bicyclic) bond motifs is 1. The third-order valence-electron chi connectivity index (χ3n) is 7.00. The van der Waals surface area contributed by atoms with Gasteiger partial charge in [-0.25, -0.2) is 5.01 Å². The number of aryl methyl sites for hydroxylation is 1. The molecule has 1 saturated carbocycles. The number of hydrogen-bond acceptors (Lipinski definition) is 7. The summed E-state index contributed by atoms with van der Waals surface area (Å²) >= 11 is 0. The number of benzene rings is 1. The molecule has 35 heavy (non-hydrogen) atoms. The Labute approximate surface area is 202 Å². The van der Waals surface area contributed by atoms with E-state index in [9.17, 15) is 19.2 Å². The van der Waals surface area contributed by atoms with Crippen LogP contribution in [0.2, 0.25) is 0 Å². The van der Waals surface area contributed by atoms with Crippen LogP contribution in [0.15, 0.2) is 52.2 Å². The van der Waals surface area contributed by atoms with Gasteiger partial charge in [0.15, 0.2) is 6.61 Å². The first-order chi connectivity index (χ1) is 16.9. The Balaban J connectivity index is 1.24. The van der Waals surface area contributed by atoms with E-state index >= 15 is 0 Å².